The predicted octanol–water partition coefficient (Wildman–Crippen LogP) is 1.81. The van der Waals surface area contributed by atoms with E-state index < -0.39 is 9.84 Å². The number of hydrogen-bond acceptors (Lipinski definition) is 4. The normalized spacial score (nSPS) is 21.2. The van der Waals surface area contributed by atoms with Crippen LogP contribution >= 0.6 is 0 Å². The van der Waals surface area contributed by atoms with Gasteiger partial charge in [0.1, 0.15) is 0 Å². The number of aryl methyl sites for hydroxylation is 2. The van der Waals surface area contributed by atoms with Crippen LogP contribution in [0, 0.1) is 25.2 Å². The van der Waals surface area contributed by atoms with Gasteiger partial charge >= 0.3 is 0 Å². The molecule has 2 rings (SSSR count). The Morgan fingerprint density at radius 2 is 2.00 bits per heavy atom. The van der Waals surface area contributed by atoms with Gasteiger partial charge in [0.2, 0.25) is 0 Å². The lowest BCUT2D eigenvalue weighted by atomic mass is 10.1. The molecule has 0 fully saturated rings. The lowest BCUT2D eigenvalue weighted by Crippen LogP contribution is -2.42. The molecule has 0 saturated carbocycles. The SMILES string of the molecule is Cc1ccc(C)c2c1N(C)C(CC#N)CS2(=O)=O. The summed E-state index contributed by atoms with van der Waals surface area (Å²) >= 11 is 0. The number of nitrogens with zero attached hydrogens (tertiary/aromatic N) is 2. The summed E-state index contributed by atoms with van der Waals surface area (Å²) in [6, 6.07) is 5.57. The Hall–Kier alpha value is -1.54. The van der Waals surface area contributed by atoms with Crippen molar-refractivity contribution in [2.24, 2.45) is 0 Å². The van der Waals surface area contributed by atoms with E-state index >= 15 is 0 Å². The van der Waals surface area contributed by atoms with Gasteiger partial charge in [-0.15, -0.1) is 0 Å². The van der Waals surface area contributed by atoms with Crippen molar-refractivity contribution in [3.63, 3.8) is 0 Å². The molecule has 5 heteroatoms. The molecule has 1 aliphatic heterocycles. The third kappa shape index (κ3) is 1.87. The monoisotopic (exact) mass is 264 g/mol. The maximum atomic E-state index is 12.3. The van der Waals surface area contributed by atoms with Crippen LogP contribution in [0.15, 0.2) is 17.0 Å². The Bertz CT molecular complexity index is 629. The molecule has 96 valence electrons. The first-order valence-corrected chi connectivity index (χ1v) is 7.46. The van der Waals surface area contributed by atoms with Crippen molar-refractivity contribution in [2.75, 3.05) is 17.7 Å². The van der Waals surface area contributed by atoms with Gasteiger partial charge in [-0.25, -0.2) is 8.42 Å². The summed E-state index contributed by atoms with van der Waals surface area (Å²) in [6.45, 7) is 3.72. The fourth-order valence-electron chi connectivity index (χ4n) is 2.53. The third-order valence-electron chi connectivity index (χ3n) is 3.48. The molecule has 0 saturated heterocycles. The average molecular weight is 264 g/mol. The average Bonchev–Trinajstić information content (AvgIpc) is 2.28. The van der Waals surface area contributed by atoms with E-state index in [1.165, 1.54) is 0 Å². The number of anilines is 1. The molecular formula is C13H16N2O2S. The fraction of sp³-hybridized carbons (Fsp3) is 0.462. The van der Waals surface area contributed by atoms with Crippen LogP contribution < -0.4 is 4.90 Å². The van der Waals surface area contributed by atoms with Gasteiger partial charge in [-0.05, 0) is 25.0 Å². The van der Waals surface area contributed by atoms with Gasteiger partial charge in [-0.2, -0.15) is 5.26 Å². The number of rotatable bonds is 1. The van der Waals surface area contributed by atoms with Crippen LogP contribution in [-0.4, -0.2) is 27.3 Å². The number of fused-ring (bicyclic) bond motifs is 1. The van der Waals surface area contributed by atoms with E-state index in [0.717, 1.165) is 16.8 Å². The zero-order valence-electron chi connectivity index (χ0n) is 10.8. The highest BCUT2D eigenvalue weighted by Crippen LogP contribution is 2.37. The van der Waals surface area contributed by atoms with Crippen LogP contribution in [0.4, 0.5) is 5.69 Å². The van der Waals surface area contributed by atoms with Gasteiger partial charge in [-0.1, -0.05) is 12.1 Å². The van der Waals surface area contributed by atoms with E-state index in [4.69, 9.17) is 5.26 Å². The number of hydrogen-bond donors (Lipinski definition) is 0. The van der Waals surface area contributed by atoms with Crippen molar-refractivity contribution in [3.8, 4) is 6.07 Å². The smallest absolute Gasteiger partial charge is 0.182 e. The van der Waals surface area contributed by atoms with E-state index in [-0.39, 0.29) is 18.2 Å². The Morgan fingerprint density at radius 1 is 1.39 bits per heavy atom. The van der Waals surface area contributed by atoms with E-state index in [9.17, 15) is 8.42 Å². The topological polar surface area (TPSA) is 61.2 Å². The summed E-state index contributed by atoms with van der Waals surface area (Å²) in [7, 11) is -1.43. The summed E-state index contributed by atoms with van der Waals surface area (Å²) in [5.41, 5.74) is 2.46. The van der Waals surface area contributed by atoms with Crippen molar-refractivity contribution in [3.05, 3.63) is 23.3 Å². The highest BCUT2D eigenvalue weighted by molar-refractivity contribution is 7.91. The minimum Gasteiger partial charge on any atom is -0.368 e. The molecule has 0 N–H and O–H groups in total. The minimum atomic E-state index is -3.29. The molecule has 1 unspecified atom stereocenters. The zero-order valence-corrected chi connectivity index (χ0v) is 11.6. The zero-order chi connectivity index (χ0) is 13.5. The van der Waals surface area contributed by atoms with Gasteiger partial charge in [0.05, 0.1) is 34.9 Å². The first kappa shape index (κ1) is 12.9. The molecule has 1 aromatic rings. The fourth-order valence-corrected chi connectivity index (χ4v) is 4.71. The van der Waals surface area contributed by atoms with Crippen LogP contribution in [0.1, 0.15) is 17.5 Å². The summed E-state index contributed by atoms with van der Waals surface area (Å²) < 4.78 is 24.7. The molecule has 0 radical (unpaired) electrons. The number of sulfone groups is 1. The summed E-state index contributed by atoms with van der Waals surface area (Å²) in [5.74, 6) is 0.0222. The van der Waals surface area contributed by atoms with Gasteiger partial charge in [0.25, 0.3) is 0 Å². The lowest BCUT2D eigenvalue weighted by Gasteiger charge is -2.36. The number of nitriles is 1. The minimum absolute atomic E-state index is 0.0222. The van der Waals surface area contributed by atoms with Crippen LogP contribution in [0.5, 0.6) is 0 Å². The number of benzene rings is 1. The Kier molecular flexibility index (Phi) is 3.07. The quantitative estimate of drug-likeness (QED) is 0.776. The summed E-state index contributed by atoms with van der Waals surface area (Å²) in [4.78, 5) is 2.36. The van der Waals surface area contributed by atoms with Crippen molar-refractivity contribution in [2.45, 2.75) is 31.2 Å². The first-order chi connectivity index (χ1) is 8.38. The van der Waals surface area contributed by atoms with E-state index in [2.05, 4.69) is 6.07 Å². The second kappa shape index (κ2) is 4.29. The van der Waals surface area contributed by atoms with Crippen molar-refractivity contribution in [1.29, 1.82) is 5.26 Å². The summed E-state index contributed by atoms with van der Waals surface area (Å²) in [5, 5.41) is 8.81. The highest BCUT2D eigenvalue weighted by Gasteiger charge is 2.35. The second-order valence-corrected chi connectivity index (χ2v) is 6.76. The van der Waals surface area contributed by atoms with Gasteiger partial charge in [0.15, 0.2) is 9.84 Å². The molecule has 0 spiro atoms. The Morgan fingerprint density at radius 3 is 2.61 bits per heavy atom. The standard InChI is InChI=1S/C13H16N2O2S/c1-9-4-5-10(2)13-12(9)15(3)11(6-7-14)8-18(13,16)17/h4-5,11H,6,8H2,1-3H3. The molecule has 0 amide bonds. The molecule has 1 aromatic carbocycles. The van der Waals surface area contributed by atoms with E-state index in [1.54, 1.807) is 0 Å². The highest BCUT2D eigenvalue weighted by atomic mass is 32.2. The van der Waals surface area contributed by atoms with Crippen LogP contribution in [0.2, 0.25) is 0 Å². The van der Waals surface area contributed by atoms with E-state index in [1.807, 2.05) is 37.9 Å². The molecule has 0 aromatic heterocycles. The third-order valence-corrected chi connectivity index (χ3v) is 5.44. The van der Waals surface area contributed by atoms with Crippen LogP contribution in [-0.2, 0) is 9.84 Å². The van der Waals surface area contributed by atoms with Crippen LogP contribution in [0.25, 0.3) is 0 Å². The second-order valence-electron chi connectivity index (χ2n) is 4.79. The Balaban J connectivity index is 2.71. The molecule has 1 atom stereocenters. The maximum absolute atomic E-state index is 12.3. The van der Waals surface area contributed by atoms with Gasteiger partial charge in [-0.3, -0.25) is 0 Å². The molecule has 0 bridgehead atoms. The predicted molar refractivity (Wildman–Crippen MR) is 70.4 cm³/mol. The lowest BCUT2D eigenvalue weighted by molar-refractivity contribution is 0.572. The maximum Gasteiger partial charge on any atom is 0.182 e. The molecule has 0 aliphatic carbocycles. The van der Waals surface area contributed by atoms with Gasteiger partial charge in [0, 0.05) is 7.05 Å². The van der Waals surface area contributed by atoms with Gasteiger partial charge < -0.3 is 4.90 Å². The summed E-state index contributed by atoms with van der Waals surface area (Å²) in [6.07, 6.45) is 0.225. The molecule has 18 heavy (non-hydrogen) atoms. The largest absolute Gasteiger partial charge is 0.368 e. The first-order valence-electron chi connectivity index (χ1n) is 5.81. The molecule has 1 aliphatic rings. The van der Waals surface area contributed by atoms with Crippen molar-refractivity contribution < 1.29 is 8.42 Å². The van der Waals surface area contributed by atoms with Crippen molar-refractivity contribution >= 4 is 15.5 Å². The Labute approximate surface area is 108 Å². The van der Waals surface area contributed by atoms with Crippen molar-refractivity contribution in [1.82, 2.24) is 0 Å². The molecule has 4 nitrogen and oxygen atoms in total. The molecule has 1 heterocycles. The molecular weight excluding hydrogens is 248 g/mol. The van der Waals surface area contributed by atoms with Crippen LogP contribution in [0.3, 0.4) is 0 Å². The van der Waals surface area contributed by atoms with E-state index in [0.29, 0.717) is 4.90 Å².